The van der Waals surface area contributed by atoms with Gasteiger partial charge in [0.1, 0.15) is 11.6 Å². The van der Waals surface area contributed by atoms with Crippen molar-refractivity contribution in [3.8, 4) is 5.75 Å². The number of hydrogen-bond acceptors (Lipinski definition) is 2. The number of hydrogen-bond donors (Lipinski definition) is 1. The van der Waals surface area contributed by atoms with E-state index in [1.54, 1.807) is 7.11 Å². The minimum Gasteiger partial charge on any atom is -0.497 e. The molecule has 1 N–H and O–H groups in total. The number of halogens is 2. The maximum atomic E-state index is 13.2. The SMILES string of the molecule is CCCNC(c1ccc(F)cc1)c1cc(OC)ccc1Br. The second kappa shape index (κ2) is 7.57. The van der Waals surface area contributed by atoms with Gasteiger partial charge in [-0.15, -0.1) is 0 Å². The van der Waals surface area contributed by atoms with Crippen LogP contribution < -0.4 is 10.1 Å². The molecule has 0 amide bonds. The molecular weight excluding hydrogens is 333 g/mol. The summed E-state index contributed by atoms with van der Waals surface area (Å²) in [5.74, 6) is 0.580. The van der Waals surface area contributed by atoms with Crippen LogP contribution in [0.4, 0.5) is 4.39 Å². The summed E-state index contributed by atoms with van der Waals surface area (Å²) in [6.07, 6.45) is 1.03. The Morgan fingerprint density at radius 1 is 1.19 bits per heavy atom. The quantitative estimate of drug-likeness (QED) is 0.815. The van der Waals surface area contributed by atoms with Crippen LogP contribution >= 0.6 is 15.9 Å². The first-order valence-electron chi connectivity index (χ1n) is 6.98. The Hall–Kier alpha value is -1.39. The topological polar surface area (TPSA) is 21.3 Å². The van der Waals surface area contributed by atoms with Crippen molar-refractivity contribution in [3.63, 3.8) is 0 Å². The summed E-state index contributed by atoms with van der Waals surface area (Å²) >= 11 is 3.59. The van der Waals surface area contributed by atoms with Crippen LogP contribution in [0.2, 0.25) is 0 Å². The number of methoxy groups -OCH3 is 1. The van der Waals surface area contributed by atoms with Crippen LogP contribution in [0.3, 0.4) is 0 Å². The molecule has 21 heavy (non-hydrogen) atoms. The molecule has 0 heterocycles. The summed E-state index contributed by atoms with van der Waals surface area (Å²) in [6.45, 7) is 3.00. The molecule has 0 spiro atoms. The van der Waals surface area contributed by atoms with Crippen LogP contribution in [0.1, 0.15) is 30.5 Å². The van der Waals surface area contributed by atoms with E-state index in [-0.39, 0.29) is 11.9 Å². The Bertz CT molecular complexity index is 586. The van der Waals surface area contributed by atoms with Crippen molar-refractivity contribution in [1.82, 2.24) is 5.32 Å². The summed E-state index contributed by atoms with van der Waals surface area (Å²) in [7, 11) is 1.65. The van der Waals surface area contributed by atoms with Crippen LogP contribution in [0.5, 0.6) is 5.75 Å². The summed E-state index contributed by atoms with van der Waals surface area (Å²) in [5, 5.41) is 3.51. The first-order valence-corrected chi connectivity index (χ1v) is 7.77. The number of nitrogens with one attached hydrogen (secondary N) is 1. The Morgan fingerprint density at radius 2 is 1.90 bits per heavy atom. The zero-order valence-corrected chi connectivity index (χ0v) is 13.8. The van der Waals surface area contributed by atoms with E-state index in [1.807, 2.05) is 30.3 Å². The van der Waals surface area contributed by atoms with Crippen molar-refractivity contribution in [2.24, 2.45) is 0 Å². The second-order valence-electron chi connectivity index (χ2n) is 4.83. The Morgan fingerprint density at radius 3 is 2.52 bits per heavy atom. The molecule has 2 nitrogen and oxygen atoms in total. The second-order valence-corrected chi connectivity index (χ2v) is 5.68. The number of rotatable bonds is 6. The average Bonchev–Trinajstić information content (AvgIpc) is 2.51. The Balaban J connectivity index is 2.42. The highest BCUT2D eigenvalue weighted by Gasteiger charge is 2.17. The van der Waals surface area contributed by atoms with Gasteiger partial charge in [-0.05, 0) is 54.4 Å². The van der Waals surface area contributed by atoms with Gasteiger partial charge in [-0.1, -0.05) is 35.0 Å². The molecule has 1 unspecified atom stereocenters. The number of ether oxygens (including phenoxy) is 1. The highest BCUT2D eigenvalue weighted by molar-refractivity contribution is 9.10. The molecule has 4 heteroatoms. The van der Waals surface area contributed by atoms with E-state index in [0.29, 0.717) is 0 Å². The fourth-order valence-corrected chi connectivity index (χ4v) is 2.70. The lowest BCUT2D eigenvalue weighted by Crippen LogP contribution is -2.23. The van der Waals surface area contributed by atoms with Crippen molar-refractivity contribution in [2.75, 3.05) is 13.7 Å². The molecule has 2 rings (SSSR count). The molecule has 2 aromatic carbocycles. The summed E-state index contributed by atoms with van der Waals surface area (Å²) in [6, 6.07) is 12.5. The van der Waals surface area contributed by atoms with Crippen LogP contribution in [-0.2, 0) is 0 Å². The van der Waals surface area contributed by atoms with Gasteiger partial charge >= 0.3 is 0 Å². The van der Waals surface area contributed by atoms with E-state index in [2.05, 4.69) is 28.2 Å². The van der Waals surface area contributed by atoms with Crippen molar-refractivity contribution >= 4 is 15.9 Å². The predicted molar refractivity (Wildman–Crippen MR) is 87.2 cm³/mol. The number of benzene rings is 2. The molecule has 0 aliphatic carbocycles. The molecule has 112 valence electrons. The van der Waals surface area contributed by atoms with Crippen molar-refractivity contribution < 1.29 is 9.13 Å². The van der Waals surface area contributed by atoms with Crippen LogP contribution in [0, 0.1) is 5.82 Å². The molecule has 0 aromatic heterocycles. The van der Waals surface area contributed by atoms with E-state index in [9.17, 15) is 4.39 Å². The Kier molecular flexibility index (Phi) is 5.76. The molecule has 0 aliphatic heterocycles. The molecule has 0 fully saturated rings. The van der Waals surface area contributed by atoms with E-state index < -0.39 is 0 Å². The van der Waals surface area contributed by atoms with E-state index in [1.165, 1.54) is 12.1 Å². The van der Waals surface area contributed by atoms with Gasteiger partial charge in [0.25, 0.3) is 0 Å². The van der Waals surface area contributed by atoms with E-state index in [4.69, 9.17) is 4.74 Å². The zero-order chi connectivity index (χ0) is 15.2. The fourth-order valence-electron chi connectivity index (χ4n) is 2.22. The van der Waals surface area contributed by atoms with Gasteiger partial charge < -0.3 is 10.1 Å². The summed E-state index contributed by atoms with van der Waals surface area (Å²) < 4.78 is 19.5. The fraction of sp³-hybridized carbons (Fsp3) is 0.294. The van der Waals surface area contributed by atoms with Gasteiger partial charge in [0.2, 0.25) is 0 Å². The molecule has 2 aromatic rings. The smallest absolute Gasteiger partial charge is 0.123 e. The highest BCUT2D eigenvalue weighted by atomic mass is 79.9. The van der Waals surface area contributed by atoms with E-state index >= 15 is 0 Å². The third-order valence-electron chi connectivity index (χ3n) is 3.32. The van der Waals surface area contributed by atoms with Gasteiger partial charge in [0, 0.05) is 4.47 Å². The van der Waals surface area contributed by atoms with Crippen LogP contribution in [0.15, 0.2) is 46.9 Å². The standard InChI is InChI=1S/C17H19BrFNO/c1-3-10-20-17(12-4-6-13(19)7-5-12)15-11-14(21-2)8-9-16(15)18/h4-9,11,17,20H,3,10H2,1-2H3. The minimum atomic E-state index is -0.224. The molecule has 1 atom stereocenters. The van der Waals surface area contributed by atoms with Gasteiger partial charge in [-0.25, -0.2) is 4.39 Å². The maximum Gasteiger partial charge on any atom is 0.123 e. The van der Waals surface area contributed by atoms with Gasteiger partial charge in [0.05, 0.1) is 13.2 Å². The largest absolute Gasteiger partial charge is 0.497 e. The lowest BCUT2D eigenvalue weighted by atomic mass is 9.98. The predicted octanol–water partition coefficient (Wildman–Crippen LogP) is 4.69. The van der Waals surface area contributed by atoms with Crippen molar-refractivity contribution in [2.45, 2.75) is 19.4 Å². The monoisotopic (exact) mass is 351 g/mol. The normalized spacial score (nSPS) is 12.2. The summed E-state index contributed by atoms with van der Waals surface area (Å²) in [5.41, 5.74) is 2.10. The lowest BCUT2D eigenvalue weighted by molar-refractivity contribution is 0.413. The summed E-state index contributed by atoms with van der Waals surface area (Å²) in [4.78, 5) is 0. The third-order valence-corrected chi connectivity index (χ3v) is 4.04. The molecule has 0 saturated heterocycles. The third kappa shape index (κ3) is 4.05. The Labute approximate surface area is 133 Å². The highest BCUT2D eigenvalue weighted by Crippen LogP contribution is 2.31. The van der Waals surface area contributed by atoms with Crippen LogP contribution in [-0.4, -0.2) is 13.7 Å². The van der Waals surface area contributed by atoms with Gasteiger partial charge in [0.15, 0.2) is 0 Å². The average molecular weight is 352 g/mol. The molecule has 0 radical (unpaired) electrons. The first kappa shape index (κ1) is 16.0. The van der Waals surface area contributed by atoms with Crippen molar-refractivity contribution in [3.05, 3.63) is 63.9 Å². The molecule has 0 aliphatic rings. The first-order chi connectivity index (χ1) is 10.2. The molecule has 0 saturated carbocycles. The van der Waals surface area contributed by atoms with Gasteiger partial charge in [-0.3, -0.25) is 0 Å². The zero-order valence-electron chi connectivity index (χ0n) is 12.2. The van der Waals surface area contributed by atoms with Gasteiger partial charge in [-0.2, -0.15) is 0 Å². The molecule has 0 bridgehead atoms. The minimum absolute atomic E-state index is 0.00461. The lowest BCUT2D eigenvalue weighted by Gasteiger charge is -2.21. The van der Waals surface area contributed by atoms with Crippen molar-refractivity contribution in [1.29, 1.82) is 0 Å². The molecular formula is C17H19BrFNO. The maximum absolute atomic E-state index is 13.2. The van der Waals surface area contributed by atoms with Crippen LogP contribution in [0.25, 0.3) is 0 Å². The van der Waals surface area contributed by atoms with E-state index in [0.717, 1.165) is 34.3 Å².